The molecule has 0 aliphatic rings. The van der Waals surface area contributed by atoms with E-state index in [-0.39, 0.29) is 11.6 Å². The summed E-state index contributed by atoms with van der Waals surface area (Å²) >= 11 is 5.97. The van der Waals surface area contributed by atoms with Crippen LogP contribution in [0, 0.1) is 6.92 Å². The molecule has 0 spiro atoms. The number of nitrogens with one attached hydrogen (secondary N) is 1. The SMILES string of the molecule is CCN(C(=O)Nc1ccc(Cl)cc1)C(C)c1nc2ccccc2c(=O)n1-c1cc(C)ccc1OC. The van der Waals surface area contributed by atoms with Crippen molar-refractivity contribution in [1.29, 1.82) is 0 Å². The molecule has 0 aliphatic carbocycles. The molecule has 0 aliphatic heterocycles. The second-order valence-electron chi connectivity index (χ2n) is 8.20. The second-order valence-corrected chi connectivity index (χ2v) is 8.64. The molecule has 2 amide bonds. The molecular weight excluding hydrogens is 464 g/mol. The van der Waals surface area contributed by atoms with Gasteiger partial charge in [0.05, 0.1) is 29.7 Å². The number of methoxy groups -OCH3 is 1. The number of para-hydroxylation sites is 1. The molecule has 4 rings (SSSR count). The van der Waals surface area contributed by atoms with Gasteiger partial charge >= 0.3 is 6.03 Å². The number of hydrogen-bond donors (Lipinski definition) is 1. The highest BCUT2D eigenvalue weighted by Gasteiger charge is 2.27. The Bertz CT molecular complexity index is 1430. The first-order chi connectivity index (χ1) is 16.8. The van der Waals surface area contributed by atoms with Crippen LogP contribution in [-0.4, -0.2) is 34.1 Å². The number of anilines is 1. The maximum atomic E-state index is 13.8. The fourth-order valence-electron chi connectivity index (χ4n) is 4.10. The lowest BCUT2D eigenvalue weighted by Gasteiger charge is -2.30. The van der Waals surface area contributed by atoms with Gasteiger partial charge in [-0.3, -0.25) is 9.36 Å². The Labute approximate surface area is 208 Å². The molecule has 8 heteroatoms. The van der Waals surface area contributed by atoms with Crippen molar-refractivity contribution in [3.05, 3.63) is 93.5 Å². The zero-order chi connectivity index (χ0) is 25.1. The van der Waals surface area contributed by atoms with Crippen LogP contribution in [0.2, 0.25) is 5.02 Å². The molecule has 0 fully saturated rings. The summed E-state index contributed by atoms with van der Waals surface area (Å²) < 4.78 is 7.14. The number of benzene rings is 3. The lowest BCUT2D eigenvalue weighted by molar-refractivity contribution is 0.193. The van der Waals surface area contributed by atoms with Crippen molar-refractivity contribution in [3.63, 3.8) is 0 Å². The number of aromatic nitrogens is 2. The van der Waals surface area contributed by atoms with Gasteiger partial charge in [-0.25, -0.2) is 9.78 Å². The molecule has 0 radical (unpaired) electrons. The Balaban J connectivity index is 1.86. The van der Waals surface area contributed by atoms with E-state index >= 15 is 0 Å². The molecule has 3 aromatic carbocycles. The minimum atomic E-state index is -0.533. The summed E-state index contributed by atoms with van der Waals surface area (Å²) in [5, 5.41) is 3.97. The fraction of sp³-hybridized carbons (Fsp3) is 0.222. The van der Waals surface area contributed by atoms with Gasteiger partial charge in [0.15, 0.2) is 0 Å². The van der Waals surface area contributed by atoms with Crippen LogP contribution in [0.25, 0.3) is 16.6 Å². The monoisotopic (exact) mass is 490 g/mol. The van der Waals surface area contributed by atoms with Crippen LogP contribution in [0.4, 0.5) is 10.5 Å². The van der Waals surface area contributed by atoms with E-state index in [0.717, 1.165) is 5.56 Å². The van der Waals surface area contributed by atoms with Gasteiger partial charge < -0.3 is 15.0 Å². The van der Waals surface area contributed by atoms with Crippen LogP contribution < -0.4 is 15.6 Å². The standard InChI is InChI=1S/C27H27ClN4O3/c1-5-31(27(34)29-20-13-11-19(28)12-14-20)18(3)25-30-22-9-7-6-8-21(22)26(33)32(25)23-16-17(2)10-15-24(23)35-4/h6-16,18H,5H2,1-4H3,(H,29,34). The van der Waals surface area contributed by atoms with Gasteiger partial charge in [0.2, 0.25) is 0 Å². The van der Waals surface area contributed by atoms with Crippen LogP contribution in [0.15, 0.2) is 71.5 Å². The van der Waals surface area contributed by atoms with E-state index in [1.807, 2.05) is 51.1 Å². The third-order valence-electron chi connectivity index (χ3n) is 5.92. The number of urea groups is 1. The first-order valence-corrected chi connectivity index (χ1v) is 11.7. The van der Waals surface area contributed by atoms with E-state index in [2.05, 4.69) is 5.32 Å². The van der Waals surface area contributed by atoms with Crippen LogP contribution in [0.3, 0.4) is 0 Å². The highest BCUT2D eigenvalue weighted by Crippen LogP contribution is 2.29. The number of rotatable bonds is 6. The highest BCUT2D eigenvalue weighted by atomic mass is 35.5. The van der Waals surface area contributed by atoms with E-state index in [1.165, 1.54) is 0 Å². The third kappa shape index (κ3) is 4.86. The zero-order valence-corrected chi connectivity index (χ0v) is 20.8. The number of carbonyl (C=O) groups is 1. The average molecular weight is 491 g/mol. The predicted octanol–water partition coefficient (Wildman–Crippen LogP) is 5.97. The summed E-state index contributed by atoms with van der Waals surface area (Å²) in [6, 6.07) is 18.9. The van der Waals surface area contributed by atoms with Crippen LogP contribution in [0.5, 0.6) is 5.75 Å². The van der Waals surface area contributed by atoms with Gasteiger partial charge in [-0.05, 0) is 74.9 Å². The summed E-state index contributed by atoms with van der Waals surface area (Å²) in [5.41, 5.74) is 2.50. The molecule has 1 atom stereocenters. The number of nitrogens with zero attached hydrogens (tertiary/aromatic N) is 3. The molecular formula is C27H27ClN4O3. The largest absolute Gasteiger partial charge is 0.495 e. The van der Waals surface area contributed by atoms with Gasteiger partial charge in [-0.15, -0.1) is 0 Å². The summed E-state index contributed by atoms with van der Waals surface area (Å²) in [7, 11) is 1.56. The smallest absolute Gasteiger partial charge is 0.322 e. The van der Waals surface area contributed by atoms with E-state index in [9.17, 15) is 9.59 Å². The van der Waals surface area contributed by atoms with Crippen molar-refractivity contribution in [2.45, 2.75) is 26.8 Å². The Morgan fingerprint density at radius 3 is 2.54 bits per heavy atom. The maximum absolute atomic E-state index is 13.8. The Morgan fingerprint density at radius 1 is 1.14 bits per heavy atom. The number of ether oxygens (including phenoxy) is 1. The molecule has 4 aromatic rings. The molecule has 35 heavy (non-hydrogen) atoms. The van der Waals surface area contributed by atoms with Gasteiger partial charge in [0.25, 0.3) is 5.56 Å². The second kappa shape index (κ2) is 10.2. The normalized spacial score (nSPS) is 11.8. The summed E-state index contributed by atoms with van der Waals surface area (Å²) in [6.07, 6.45) is 0. The molecule has 1 aromatic heterocycles. The van der Waals surface area contributed by atoms with Crippen molar-refractivity contribution in [2.24, 2.45) is 0 Å². The topological polar surface area (TPSA) is 76.5 Å². The van der Waals surface area contributed by atoms with E-state index in [4.69, 9.17) is 21.3 Å². The lowest BCUT2D eigenvalue weighted by atomic mass is 10.1. The molecule has 0 bridgehead atoms. The summed E-state index contributed by atoms with van der Waals surface area (Å²) in [4.78, 5) is 33.5. The van der Waals surface area contributed by atoms with Gasteiger partial charge in [-0.2, -0.15) is 0 Å². The van der Waals surface area contributed by atoms with Crippen molar-refractivity contribution in [2.75, 3.05) is 19.0 Å². The quantitative estimate of drug-likeness (QED) is 0.361. The number of hydrogen-bond acceptors (Lipinski definition) is 4. The molecule has 1 heterocycles. The molecule has 0 saturated heterocycles. The van der Waals surface area contributed by atoms with Gasteiger partial charge in [0.1, 0.15) is 11.6 Å². The summed E-state index contributed by atoms with van der Waals surface area (Å²) in [6.45, 7) is 6.09. The third-order valence-corrected chi connectivity index (χ3v) is 6.17. The van der Waals surface area contributed by atoms with E-state index < -0.39 is 6.04 Å². The summed E-state index contributed by atoms with van der Waals surface area (Å²) in [5.74, 6) is 0.975. The highest BCUT2D eigenvalue weighted by molar-refractivity contribution is 6.30. The van der Waals surface area contributed by atoms with E-state index in [1.54, 1.807) is 53.0 Å². The minimum Gasteiger partial charge on any atom is -0.495 e. The number of fused-ring (bicyclic) bond motifs is 1. The molecule has 7 nitrogen and oxygen atoms in total. The van der Waals surface area contributed by atoms with Crippen LogP contribution in [0.1, 0.15) is 31.3 Å². The zero-order valence-electron chi connectivity index (χ0n) is 20.1. The van der Waals surface area contributed by atoms with Crippen molar-refractivity contribution >= 4 is 34.2 Å². The number of aryl methyl sites for hydroxylation is 1. The average Bonchev–Trinajstić information content (AvgIpc) is 2.85. The molecule has 0 saturated carbocycles. The molecule has 1 N–H and O–H groups in total. The van der Waals surface area contributed by atoms with Crippen molar-refractivity contribution in [1.82, 2.24) is 14.5 Å². The van der Waals surface area contributed by atoms with E-state index in [0.29, 0.717) is 45.4 Å². The van der Waals surface area contributed by atoms with Crippen LogP contribution in [-0.2, 0) is 0 Å². The number of carbonyl (C=O) groups excluding carboxylic acids is 1. The van der Waals surface area contributed by atoms with Crippen molar-refractivity contribution < 1.29 is 9.53 Å². The Kier molecular flexibility index (Phi) is 7.07. The number of amides is 2. The molecule has 180 valence electrons. The lowest BCUT2D eigenvalue weighted by Crippen LogP contribution is -2.39. The van der Waals surface area contributed by atoms with Crippen molar-refractivity contribution in [3.8, 4) is 11.4 Å². The number of halogens is 1. The Hall–Kier alpha value is -3.84. The minimum absolute atomic E-state index is 0.226. The first kappa shape index (κ1) is 24.3. The van der Waals surface area contributed by atoms with Gasteiger partial charge in [-0.1, -0.05) is 29.8 Å². The predicted molar refractivity (Wildman–Crippen MR) is 140 cm³/mol. The van der Waals surface area contributed by atoms with Crippen LogP contribution >= 0.6 is 11.6 Å². The Morgan fingerprint density at radius 2 is 1.86 bits per heavy atom. The first-order valence-electron chi connectivity index (χ1n) is 11.3. The van der Waals surface area contributed by atoms with Gasteiger partial charge in [0, 0.05) is 17.3 Å². The fourth-order valence-corrected chi connectivity index (χ4v) is 4.22. The molecule has 1 unspecified atom stereocenters. The maximum Gasteiger partial charge on any atom is 0.322 e.